The average molecular weight is 242 g/mol. The van der Waals surface area contributed by atoms with E-state index in [0.717, 1.165) is 29.3 Å². The van der Waals surface area contributed by atoms with Gasteiger partial charge in [0.25, 0.3) is 0 Å². The SMILES string of the molecule is N#CCCn1ncc2c(NCC3CC3)ncnc21. The van der Waals surface area contributed by atoms with Crippen molar-refractivity contribution in [2.24, 2.45) is 5.92 Å². The molecule has 0 atom stereocenters. The van der Waals surface area contributed by atoms with Gasteiger partial charge in [0.1, 0.15) is 12.1 Å². The largest absolute Gasteiger partial charge is 0.369 e. The molecule has 0 saturated heterocycles. The van der Waals surface area contributed by atoms with E-state index in [2.05, 4.69) is 26.5 Å². The Kier molecular flexibility index (Phi) is 2.81. The second-order valence-corrected chi connectivity index (χ2v) is 4.56. The summed E-state index contributed by atoms with van der Waals surface area (Å²) < 4.78 is 1.75. The van der Waals surface area contributed by atoms with Gasteiger partial charge in [-0.15, -0.1) is 0 Å². The van der Waals surface area contributed by atoms with E-state index in [0.29, 0.717) is 13.0 Å². The molecule has 2 aromatic heterocycles. The van der Waals surface area contributed by atoms with Crippen molar-refractivity contribution in [3.8, 4) is 6.07 Å². The Morgan fingerprint density at radius 3 is 3.11 bits per heavy atom. The molecule has 1 saturated carbocycles. The highest BCUT2D eigenvalue weighted by Gasteiger charge is 2.21. The average Bonchev–Trinajstić information content (AvgIpc) is 3.13. The fourth-order valence-corrected chi connectivity index (χ4v) is 1.92. The Bertz CT molecular complexity index is 592. The molecule has 3 rings (SSSR count). The van der Waals surface area contributed by atoms with Crippen LogP contribution in [0.3, 0.4) is 0 Å². The minimum absolute atomic E-state index is 0.436. The van der Waals surface area contributed by atoms with Crippen LogP contribution in [0.25, 0.3) is 11.0 Å². The lowest BCUT2D eigenvalue weighted by atomic mass is 10.3. The first kappa shape index (κ1) is 11.0. The maximum atomic E-state index is 8.61. The van der Waals surface area contributed by atoms with Crippen molar-refractivity contribution in [2.45, 2.75) is 25.8 Å². The van der Waals surface area contributed by atoms with Gasteiger partial charge in [-0.3, -0.25) is 0 Å². The predicted molar refractivity (Wildman–Crippen MR) is 66.8 cm³/mol. The van der Waals surface area contributed by atoms with Crippen LogP contribution in [0.15, 0.2) is 12.5 Å². The van der Waals surface area contributed by atoms with Crippen LogP contribution in [-0.4, -0.2) is 26.3 Å². The summed E-state index contributed by atoms with van der Waals surface area (Å²) in [5, 5.41) is 17.1. The monoisotopic (exact) mass is 242 g/mol. The summed E-state index contributed by atoms with van der Waals surface area (Å²) >= 11 is 0. The zero-order chi connectivity index (χ0) is 12.4. The molecule has 0 aliphatic heterocycles. The molecular formula is C12H14N6. The number of aromatic nitrogens is 4. The van der Waals surface area contributed by atoms with E-state index in [1.54, 1.807) is 17.2 Å². The molecule has 0 spiro atoms. The van der Waals surface area contributed by atoms with E-state index in [-0.39, 0.29) is 0 Å². The minimum atomic E-state index is 0.436. The molecule has 2 aromatic rings. The summed E-state index contributed by atoms with van der Waals surface area (Å²) in [6, 6.07) is 2.11. The molecule has 0 amide bonds. The van der Waals surface area contributed by atoms with Gasteiger partial charge in [0.05, 0.1) is 30.6 Å². The van der Waals surface area contributed by atoms with Crippen molar-refractivity contribution < 1.29 is 0 Å². The summed E-state index contributed by atoms with van der Waals surface area (Å²) in [6.45, 7) is 1.54. The van der Waals surface area contributed by atoms with E-state index in [1.165, 1.54) is 12.8 Å². The van der Waals surface area contributed by atoms with Crippen LogP contribution in [-0.2, 0) is 6.54 Å². The molecule has 0 aromatic carbocycles. The third-order valence-electron chi connectivity index (χ3n) is 3.12. The van der Waals surface area contributed by atoms with Crippen LogP contribution in [0, 0.1) is 17.2 Å². The van der Waals surface area contributed by atoms with Gasteiger partial charge in [0, 0.05) is 6.54 Å². The van der Waals surface area contributed by atoms with E-state index >= 15 is 0 Å². The first-order valence-electron chi connectivity index (χ1n) is 6.16. The zero-order valence-corrected chi connectivity index (χ0v) is 10.0. The normalized spacial score (nSPS) is 14.6. The van der Waals surface area contributed by atoms with Crippen molar-refractivity contribution in [1.29, 1.82) is 5.26 Å². The number of nitrogens with zero attached hydrogens (tertiary/aromatic N) is 5. The molecule has 1 aliphatic rings. The molecule has 1 aliphatic carbocycles. The van der Waals surface area contributed by atoms with Crippen LogP contribution in [0.1, 0.15) is 19.3 Å². The highest BCUT2D eigenvalue weighted by atomic mass is 15.3. The highest BCUT2D eigenvalue weighted by Crippen LogP contribution is 2.29. The van der Waals surface area contributed by atoms with Crippen molar-refractivity contribution in [3.63, 3.8) is 0 Å². The number of nitriles is 1. The summed E-state index contributed by atoms with van der Waals surface area (Å²) in [6.07, 6.45) is 6.36. The Labute approximate surface area is 105 Å². The summed E-state index contributed by atoms with van der Waals surface area (Å²) in [7, 11) is 0. The van der Waals surface area contributed by atoms with Crippen molar-refractivity contribution in [3.05, 3.63) is 12.5 Å². The lowest BCUT2D eigenvalue weighted by molar-refractivity contribution is 0.643. The van der Waals surface area contributed by atoms with Crippen LogP contribution < -0.4 is 5.32 Å². The Hall–Kier alpha value is -2.16. The highest BCUT2D eigenvalue weighted by molar-refractivity contribution is 5.86. The molecular weight excluding hydrogens is 228 g/mol. The standard InChI is InChI=1S/C12H14N6/c13-4-1-5-18-12-10(7-17-18)11(15-8-16-12)14-6-9-2-3-9/h7-9H,1-3,5-6H2,(H,14,15,16). The zero-order valence-electron chi connectivity index (χ0n) is 10.0. The molecule has 18 heavy (non-hydrogen) atoms. The van der Waals surface area contributed by atoms with E-state index in [4.69, 9.17) is 5.26 Å². The predicted octanol–water partition coefficient (Wildman–Crippen LogP) is 1.56. The Morgan fingerprint density at radius 1 is 1.44 bits per heavy atom. The van der Waals surface area contributed by atoms with Crippen LogP contribution in [0.4, 0.5) is 5.82 Å². The molecule has 0 bridgehead atoms. The molecule has 1 N–H and O–H groups in total. The summed E-state index contributed by atoms with van der Waals surface area (Å²) in [5.74, 6) is 1.64. The third-order valence-corrected chi connectivity index (χ3v) is 3.12. The second kappa shape index (κ2) is 4.61. The molecule has 2 heterocycles. The number of nitrogens with one attached hydrogen (secondary N) is 1. The molecule has 1 fully saturated rings. The molecule has 6 heteroatoms. The Balaban J connectivity index is 1.85. The van der Waals surface area contributed by atoms with Crippen molar-refractivity contribution in [1.82, 2.24) is 19.7 Å². The Morgan fingerprint density at radius 2 is 2.33 bits per heavy atom. The van der Waals surface area contributed by atoms with Crippen molar-refractivity contribution >= 4 is 16.9 Å². The molecule has 92 valence electrons. The number of hydrogen-bond donors (Lipinski definition) is 1. The van der Waals surface area contributed by atoms with Crippen LogP contribution >= 0.6 is 0 Å². The maximum absolute atomic E-state index is 8.61. The van der Waals surface area contributed by atoms with Gasteiger partial charge in [0.15, 0.2) is 5.65 Å². The first-order chi connectivity index (χ1) is 8.88. The summed E-state index contributed by atoms with van der Waals surface area (Å²) in [4.78, 5) is 8.50. The maximum Gasteiger partial charge on any atom is 0.163 e. The van der Waals surface area contributed by atoms with E-state index in [1.807, 2.05) is 0 Å². The van der Waals surface area contributed by atoms with Gasteiger partial charge in [-0.25, -0.2) is 14.6 Å². The van der Waals surface area contributed by atoms with Gasteiger partial charge in [-0.2, -0.15) is 10.4 Å². The summed E-state index contributed by atoms with van der Waals surface area (Å²) in [5.41, 5.74) is 0.790. The minimum Gasteiger partial charge on any atom is -0.369 e. The lowest BCUT2D eigenvalue weighted by Crippen LogP contribution is -2.06. The first-order valence-corrected chi connectivity index (χ1v) is 6.16. The second-order valence-electron chi connectivity index (χ2n) is 4.56. The molecule has 6 nitrogen and oxygen atoms in total. The number of aryl methyl sites for hydroxylation is 1. The fourth-order valence-electron chi connectivity index (χ4n) is 1.92. The van der Waals surface area contributed by atoms with E-state index < -0.39 is 0 Å². The fraction of sp³-hybridized carbons (Fsp3) is 0.500. The topological polar surface area (TPSA) is 79.4 Å². The number of anilines is 1. The van der Waals surface area contributed by atoms with Gasteiger partial charge in [-0.1, -0.05) is 0 Å². The quantitative estimate of drug-likeness (QED) is 0.860. The molecule has 0 radical (unpaired) electrons. The van der Waals surface area contributed by atoms with Gasteiger partial charge in [0.2, 0.25) is 0 Å². The number of fused-ring (bicyclic) bond motifs is 1. The van der Waals surface area contributed by atoms with Crippen molar-refractivity contribution in [2.75, 3.05) is 11.9 Å². The lowest BCUT2D eigenvalue weighted by Gasteiger charge is -2.05. The van der Waals surface area contributed by atoms with Crippen LogP contribution in [0.2, 0.25) is 0 Å². The number of hydrogen-bond acceptors (Lipinski definition) is 5. The van der Waals surface area contributed by atoms with Crippen LogP contribution in [0.5, 0.6) is 0 Å². The van der Waals surface area contributed by atoms with Gasteiger partial charge in [-0.05, 0) is 18.8 Å². The van der Waals surface area contributed by atoms with Gasteiger partial charge < -0.3 is 5.32 Å². The smallest absolute Gasteiger partial charge is 0.163 e. The molecule has 0 unspecified atom stereocenters. The number of rotatable bonds is 5. The van der Waals surface area contributed by atoms with E-state index in [9.17, 15) is 0 Å². The van der Waals surface area contributed by atoms with Gasteiger partial charge >= 0.3 is 0 Å². The third kappa shape index (κ3) is 2.12.